The van der Waals surface area contributed by atoms with E-state index >= 15 is 0 Å². The number of nitrogens with one attached hydrogen (secondary N) is 1. The topological polar surface area (TPSA) is 12.0 Å². The molecular weight excluding hydrogens is 278 g/mol. The van der Waals surface area contributed by atoms with Crippen molar-refractivity contribution in [3.63, 3.8) is 0 Å². The van der Waals surface area contributed by atoms with Gasteiger partial charge in [-0.2, -0.15) is 0 Å². The maximum absolute atomic E-state index is 3.99. The Kier molecular flexibility index (Phi) is 6.62. The van der Waals surface area contributed by atoms with Crippen LogP contribution in [0.1, 0.15) is 112 Å². The van der Waals surface area contributed by atoms with Gasteiger partial charge in [-0.3, -0.25) is 0 Å². The average Bonchev–Trinajstić information content (AvgIpc) is 2.37. The van der Waals surface area contributed by atoms with Gasteiger partial charge in [0.05, 0.1) is 0 Å². The van der Waals surface area contributed by atoms with Gasteiger partial charge in [0.15, 0.2) is 0 Å². The molecule has 2 bridgehead atoms. The molecule has 136 valence electrons. The van der Waals surface area contributed by atoms with Crippen LogP contribution in [0, 0.1) is 16.7 Å². The lowest BCUT2D eigenvalue weighted by atomic mass is 9.51. The van der Waals surface area contributed by atoms with Gasteiger partial charge in [0.1, 0.15) is 0 Å². The van der Waals surface area contributed by atoms with E-state index in [4.69, 9.17) is 0 Å². The molecule has 23 heavy (non-hydrogen) atoms. The van der Waals surface area contributed by atoms with Crippen molar-refractivity contribution in [2.24, 2.45) is 16.7 Å². The van der Waals surface area contributed by atoms with Crippen molar-refractivity contribution < 1.29 is 0 Å². The molecule has 0 aromatic rings. The van der Waals surface area contributed by atoms with E-state index in [0.717, 1.165) is 5.92 Å². The summed E-state index contributed by atoms with van der Waals surface area (Å²) in [6.07, 6.45) is 17.0. The van der Waals surface area contributed by atoms with E-state index < -0.39 is 0 Å². The minimum Gasteiger partial charge on any atom is -0.311 e. The second-order valence-electron chi connectivity index (χ2n) is 10.4. The third-order valence-corrected chi connectivity index (χ3v) is 6.41. The second kappa shape index (κ2) is 7.89. The third-order valence-electron chi connectivity index (χ3n) is 6.41. The molecule has 0 aliphatic heterocycles. The average molecular weight is 322 g/mol. The van der Waals surface area contributed by atoms with Gasteiger partial charge in [0.25, 0.3) is 0 Å². The first-order valence-electron chi connectivity index (χ1n) is 10.5. The van der Waals surface area contributed by atoms with Crippen LogP contribution in [0.25, 0.3) is 0 Å². The van der Waals surface area contributed by atoms with Crippen LogP contribution >= 0.6 is 0 Å². The lowest BCUT2D eigenvalue weighted by Gasteiger charge is -2.56. The molecule has 3 saturated carbocycles. The monoisotopic (exact) mass is 321 g/mol. The van der Waals surface area contributed by atoms with Crippen molar-refractivity contribution in [2.45, 2.75) is 117 Å². The van der Waals surface area contributed by atoms with Crippen LogP contribution in [0.4, 0.5) is 0 Å². The first kappa shape index (κ1) is 19.3. The minimum atomic E-state index is 0.373. The summed E-state index contributed by atoms with van der Waals surface area (Å²) in [5.41, 5.74) is 1.52. The van der Waals surface area contributed by atoms with E-state index in [1.165, 1.54) is 83.6 Å². The number of fused-ring (bicyclic) bond motifs is 4. The van der Waals surface area contributed by atoms with Crippen molar-refractivity contribution in [1.82, 2.24) is 5.32 Å². The highest BCUT2D eigenvalue weighted by Crippen LogP contribution is 2.58. The van der Waals surface area contributed by atoms with Gasteiger partial charge in [-0.15, -0.1) is 0 Å². The zero-order chi connectivity index (χ0) is 17.0. The van der Waals surface area contributed by atoms with Crippen LogP contribution in [-0.2, 0) is 0 Å². The van der Waals surface area contributed by atoms with Crippen LogP contribution in [0.2, 0.25) is 0 Å². The molecule has 1 heteroatoms. The highest BCUT2D eigenvalue weighted by Gasteiger charge is 2.49. The van der Waals surface area contributed by atoms with Gasteiger partial charge in [-0.05, 0) is 68.7 Å². The van der Waals surface area contributed by atoms with Gasteiger partial charge in [-0.25, -0.2) is 0 Å². The van der Waals surface area contributed by atoms with Gasteiger partial charge in [-0.1, -0.05) is 66.2 Å². The normalized spacial score (nSPS) is 36.1. The summed E-state index contributed by atoms with van der Waals surface area (Å²) < 4.78 is 0. The Bertz CT molecular complexity index is 353. The Balaban J connectivity index is 1.70. The molecule has 1 N–H and O–H groups in total. The minimum absolute atomic E-state index is 0.373. The molecule has 1 nitrogen and oxygen atoms in total. The molecule has 0 aromatic carbocycles. The predicted molar refractivity (Wildman–Crippen MR) is 103 cm³/mol. The molecule has 0 aromatic heterocycles. The fourth-order valence-corrected chi connectivity index (χ4v) is 6.21. The quantitative estimate of drug-likeness (QED) is 0.465. The molecule has 3 rings (SSSR count). The Morgan fingerprint density at radius 2 is 1.39 bits per heavy atom. The summed E-state index contributed by atoms with van der Waals surface area (Å²) in [5.74, 6) is 0.989. The SMILES string of the molecule is CCCCCCCCCNC1(C)CC2CC(C)(C2)CC(C)(C)C1. The molecule has 3 fully saturated rings. The largest absolute Gasteiger partial charge is 0.311 e. The molecule has 0 spiro atoms. The molecule has 3 aliphatic carbocycles. The van der Waals surface area contributed by atoms with E-state index in [1.807, 2.05) is 0 Å². The fourth-order valence-electron chi connectivity index (χ4n) is 6.21. The van der Waals surface area contributed by atoms with Gasteiger partial charge in [0.2, 0.25) is 0 Å². The van der Waals surface area contributed by atoms with Gasteiger partial charge in [0, 0.05) is 5.54 Å². The maximum Gasteiger partial charge on any atom is 0.0161 e. The molecule has 3 aliphatic rings. The summed E-state index contributed by atoms with van der Waals surface area (Å²) in [4.78, 5) is 0. The molecule has 1 atom stereocenters. The number of hydrogen-bond donors (Lipinski definition) is 1. The van der Waals surface area contributed by atoms with E-state index in [9.17, 15) is 0 Å². The van der Waals surface area contributed by atoms with Crippen LogP contribution in [0.15, 0.2) is 0 Å². The van der Waals surface area contributed by atoms with Crippen molar-refractivity contribution in [3.05, 3.63) is 0 Å². The third kappa shape index (κ3) is 6.07. The molecule has 0 saturated heterocycles. The number of rotatable bonds is 9. The fraction of sp³-hybridized carbons (Fsp3) is 1.00. The van der Waals surface area contributed by atoms with Crippen molar-refractivity contribution in [3.8, 4) is 0 Å². The van der Waals surface area contributed by atoms with Crippen LogP contribution < -0.4 is 5.32 Å². The summed E-state index contributed by atoms with van der Waals surface area (Å²) in [6.45, 7) is 13.6. The van der Waals surface area contributed by atoms with E-state index in [-0.39, 0.29) is 0 Å². The first-order valence-corrected chi connectivity index (χ1v) is 10.5. The predicted octanol–water partition coefficient (Wildman–Crippen LogP) is 6.71. The zero-order valence-electron chi connectivity index (χ0n) is 16.8. The molecule has 0 heterocycles. The Morgan fingerprint density at radius 3 is 2.04 bits per heavy atom. The lowest BCUT2D eigenvalue weighted by molar-refractivity contribution is -0.0337. The standard InChI is InChI=1S/C22H43N/c1-6-7-8-9-10-11-12-13-23-22(5)16-19-14-21(4,15-19)17-20(2,3)18-22/h19,23H,6-18H2,1-5H3. The van der Waals surface area contributed by atoms with Crippen molar-refractivity contribution >= 4 is 0 Å². The van der Waals surface area contributed by atoms with Crippen molar-refractivity contribution in [1.29, 1.82) is 0 Å². The summed E-state index contributed by atoms with van der Waals surface area (Å²) in [5, 5.41) is 3.99. The zero-order valence-corrected chi connectivity index (χ0v) is 16.8. The Morgan fingerprint density at radius 1 is 0.783 bits per heavy atom. The summed E-state index contributed by atoms with van der Waals surface area (Å²) >= 11 is 0. The summed E-state index contributed by atoms with van der Waals surface area (Å²) in [6, 6.07) is 0. The van der Waals surface area contributed by atoms with Gasteiger partial charge < -0.3 is 5.32 Å². The first-order chi connectivity index (χ1) is 10.8. The van der Waals surface area contributed by atoms with Gasteiger partial charge >= 0.3 is 0 Å². The van der Waals surface area contributed by atoms with Crippen molar-refractivity contribution in [2.75, 3.05) is 6.54 Å². The van der Waals surface area contributed by atoms with E-state index in [2.05, 4.69) is 39.9 Å². The van der Waals surface area contributed by atoms with E-state index in [0.29, 0.717) is 16.4 Å². The second-order valence-corrected chi connectivity index (χ2v) is 10.4. The lowest BCUT2D eigenvalue weighted by Crippen LogP contribution is -2.53. The smallest absolute Gasteiger partial charge is 0.0161 e. The Hall–Kier alpha value is -0.0400. The maximum atomic E-state index is 3.99. The molecule has 1 unspecified atom stereocenters. The Labute approximate surface area is 146 Å². The highest BCUT2D eigenvalue weighted by atomic mass is 15.0. The van der Waals surface area contributed by atoms with Crippen LogP contribution in [-0.4, -0.2) is 12.1 Å². The van der Waals surface area contributed by atoms with E-state index in [1.54, 1.807) is 0 Å². The highest BCUT2D eigenvalue weighted by molar-refractivity contribution is 5.03. The van der Waals surface area contributed by atoms with Crippen LogP contribution in [0.3, 0.4) is 0 Å². The number of unbranched alkanes of at least 4 members (excludes halogenated alkanes) is 6. The number of hydrogen-bond acceptors (Lipinski definition) is 1. The molecule has 0 radical (unpaired) electrons. The molecule has 0 amide bonds. The van der Waals surface area contributed by atoms with Crippen LogP contribution in [0.5, 0.6) is 0 Å². The summed E-state index contributed by atoms with van der Waals surface area (Å²) in [7, 11) is 0. The molecular formula is C22H43N.